The molecule has 5 heteroatoms. The van der Waals surface area contributed by atoms with Crippen LogP contribution in [0, 0.1) is 6.92 Å². The Kier molecular flexibility index (Phi) is 4.10. The summed E-state index contributed by atoms with van der Waals surface area (Å²) in [5.41, 5.74) is 8.32. The number of benzene rings is 1. The van der Waals surface area contributed by atoms with E-state index in [0.29, 0.717) is 10.7 Å². The molecule has 0 unspecified atom stereocenters. The molecule has 1 heterocycles. The van der Waals surface area contributed by atoms with Gasteiger partial charge in [0.2, 0.25) is 0 Å². The lowest BCUT2D eigenvalue weighted by Crippen LogP contribution is -2.27. The van der Waals surface area contributed by atoms with Gasteiger partial charge in [0.05, 0.1) is 0 Å². The second-order valence-corrected chi connectivity index (χ2v) is 4.88. The Bertz CT molecular complexity index is 652. The zero-order valence-electron chi connectivity index (χ0n) is 11.3. The summed E-state index contributed by atoms with van der Waals surface area (Å²) in [5.74, 6) is -0.156. The first-order valence-corrected chi connectivity index (χ1v) is 6.51. The van der Waals surface area contributed by atoms with Crippen LogP contribution in [0.1, 0.15) is 21.7 Å². The fourth-order valence-electron chi connectivity index (χ4n) is 1.80. The van der Waals surface area contributed by atoms with E-state index in [9.17, 15) is 4.79 Å². The van der Waals surface area contributed by atoms with Gasteiger partial charge in [0.25, 0.3) is 5.91 Å². The summed E-state index contributed by atoms with van der Waals surface area (Å²) in [6.45, 7) is 1.85. The Labute approximate surface area is 123 Å². The number of rotatable bonds is 3. The molecule has 0 aliphatic rings. The minimum absolute atomic E-state index is 0.156. The molecule has 1 aromatic carbocycles. The predicted octanol–water partition coefficient (Wildman–Crippen LogP) is 2.30. The molecule has 1 aromatic heterocycles. The van der Waals surface area contributed by atoms with E-state index in [0.717, 1.165) is 16.9 Å². The van der Waals surface area contributed by atoms with E-state index in [-0.39, 0.29) is 5.91 Å². The number of nitrogens with zero attached hydrogens (tertiary/aromatic N) is 2. The van der Waals surface area contributed by atoms with Crippen LogP contribution in [0.3, 0.4) is 0 Å². The van der Waals surface area contributed by atoms with Crippen molar-refractivity contribution in [3.8, 4) is 0 Å². The van der Waals surface area contributed by atoms with Gasteiger partial charge in [0, 0.05) is 24.0 Å². The topological polar surface area (TPSA) is 59.2 Å². The highest BCUT2D eigenvalue weighted by molar-refractivity contribution is 7.80. The Morgan fingerprint density at radius 1 is 1.20 bits per heavy atom. The lowest BCUT2D eigenvalue weighted by molar-refractivity contribution is 0.0988. The Balaban J connectivity index is 2.24. The summed E-state index contributed by atoms with van der Waals surface area (Å²) in [6.07, 6.45) is 0. The first-order valence-electron chi connectivity index (χ1n) is 6.10. The minimum atomic E-state index is -0.156. The van der Waals surface area contributed by atoms with E-state index >= 15 is 0 Å². The monoisotopic (exact) mass is 285 g/mol. The highest BCUT2D eigenvalue weighted by atomic mass is 32.1. The van der Waals surface area contributed by atoms with Gasteiger partial charge in [-0.3, -0.25) is 4.79 Å². The van der Waals surface area contributed by atoms with E-state index in [1.54, 1.807) is 30.1 Å². The lowest BCUT2D eigenvalue weighted by atomic mass is 10.2. The smallest absolute Gasteiger partial charge is 0.276 e. The molecule has 0 aliphatic carbocycles. The number of thiocarbonyl (C=S) groups is 1. The summed E-state index contributed by atoms with van der Waals surface area (Å²) in [4.78, 5) is 18.4. The van der Waals surface area contributed by atoms with Gasteiger partial charge < -0.3 is 10.6 Å². The highest BCUT2D eigenvalue weighted by Gasteiger charge is 2.14. The van der Waals surface area contributed by atoms with Gasteiger partial charge in [-0.15, -0.1) is 0 Å². The van der Waals surface area contributed by atoms with Crippen LogP contribution in [0.15, 0.2) is 42.5 Å². The fourth-order valence-corrected chi connectivity index (χ4v) is 1.94. The summed E-state index contributed by atoms with van der Waals surface area (Å²) in [7, 11) is 1.71. The molecule has 2 N–H and O–H groups in total. The van der Waals surface area contributed by atoms with Crippen molar-refractivity contribution in [2.45, 2.75) is 6.92 Å². The third kappa shape index (κ3) is 3.00. The molecule has 0 bridgehead atoms. The minimum Gasteiger partial charge on any atom is -0.389 e. The first-order chi connectivity index (χ1) is 9.49. The number of carbonyl (C=O) groups excluding carboxylic acids is 1. The maximum Gasteiger partial charge on any atom is 0.276 e. The molecular weight excluding hydrogens is 270 g/mol. The first kappa shape index (κ1) is 14.1. The van der Waals surface area contributed by atoms with Crippen LogP contribution in [-0.2, 0) is 0 Å². The van der Waals surface area contributed by atoms with Crippen LogP contribution in [-0.4, -0.2) is 22.9 Å². The number of pyridine rings is 1. The van der Waals surface area contributed by atoms with Crippen molar-refractivity contribution in [1.82, 2.24) is 4.98 Å². The van der Waals surface area contributed by atoms with Crippen LogP contribution < -0.4 is 10.6 Å². The number of nitrogens with two attached hydrogens (primary N) is 1. The molecule has 0 radical (unpaired) electrons. The summed E-state index contributed by atoms with van der Waals surface area (Å²) in [6, 6.07) is 12.6. The fraction of sp³-hybridized carbons (Fsp3) is 0.133. The molecule has 0 atom stereocenters. The molecular formula is C15H15N3OS. The molecule has 0 fully saturated rings. The highest BCUT2D eigenvalue weighted by Crippen LogP contribution is 2.16. The van der Waals surface area contributed by atoms with Crippen LogP contribution in [0.4, 0.5) is 5.69 Å². The average molecular weight is 285 g/mol. The SMILES string of the molecule is Cc1cccc(C(=O)N(C)c2ccc(C(N)=S)cc2)n1. The molecule has 1 amide bonds. The van der Waals surface area contributed by atoms with Crippen molar-refractivity contribution < 1.29 is 4.79 Å². The summed E-state index contributed by atoms with van der Waals surface area (Å²) in [5, 5.41) is 0. The number of anilines is 1. The van der Waals surface area contributed by atoms with E-state index in [1.807, 2.05) is 31.2 Å². The number of hydrogen-bond acceptors (Lipinski definition) is 3. The number of aryl methyl sites for hydroxylation is 1. The van der Waals surface area contributed by atoms with Crippen LogP contribution in [0.2, 0.25) is 0 Å². The molecule has 2 aromatic rings. The van der Waals surface area contributed by atoms with Crippen molar-refractivity contribution >= 4 is 28.8 Å². The standard InChI is InChI=1S/C15H15N3OS/c1-10-4-3-5-13(17-10)15(19)18(2)12-8-6-11(7-9-12)14(16)20/h3-9H,1-2H3,(H2,16,20). The Hall–Kier alpha value is -2.27. The second kappa shape index (κ2) is 5.79. The number of carbonyl (C=O) groups is 1. The van der Waals surface area contributed by atoms with E-state index in [2.05, 4.69) is 4.98 Å². The van der Waals surface area contributed by atoms with Gasteiger partial charge in [0.15, 0.2) is 0 Å². The number of amides is 1. The molecule has 102 valence electrons. The van der Waals surface area contributed by atoms with Crippen molar-refractivity contribution in [1.29, 1.82) is 0 Å². The molecule has 0 saturated heterocycles. The lowest BCUT2D eigenvalue weighted by Gasteiger charge is -2.17. The second-order valence-electron chi connectivity index (χ2n) is 4.44. The maximum atomic E-state index is 12.3. The molecule has 0 aliphatic heterocycles. The molecule has 2 rings (SSSR count). The quantitative estimate of drug-likeness (QED) is 0.879. The molecule has 20 heavy (non-hydrogen) atoms. The van der Waals surface area contributed by atoms with Crippen molar-refractivity contribution in [3.63, 3.8) is 0 Å². The zero-order chi connectivity index (χ0) is 14.7. The maximum absolute atomic E-state index is 12.3. The van der Waals surface area contributed by atoms with Gasteiger partial charge in [-0.2, -0.15) is 0 Å². The van der Waals surface area contributed by atoms with Crippen molar-refractivity contribution in [3.05, 3.63) is 59.4 Å². The molecule has 0 saturated carbocycles. The van der Waals surface area contributed by atoms with Gasteiger partial charge in [-0.1, -0.05) is 18.3 Å². The number of hydrogen-bond donors (Lipinski definition) is 1. The van der Waals surface area contributed by atoms with Gasteiger partial charge in [-0.05, 0) is 43.3 Å². The number of aromatic nitrogens is 1. The summed E-state index contributed by atoms with van der Waals surface area (Å²) >= 11 is 4.90. The summed E-state index contributed by atoms with van der Waals surface area (Å²) < 4.78 is 0. The van der Waals surface area contributed by atoms with Gasteiger partial charge >= 0.3 is 0 Å². The van der Waals surface area contributed by atoms with Crippen molar-refractivity contribution in [2.75, 3.05) is 11.9 Å². The molecule has 0 spiro atoms. The Morgan fingerprint density at radius 3 is 2.40 bits per heavy atom. The van der Waals surface area contributed by atoms with Crippen molar-refractivity contribution in [2.24, 2.45) is 5.73 Å². The third-order valence-corrected chi connectivity index (χ3v) is 3.19. The van der Waals surface area contributed by atoms with Gasteiger partial charge in [-0.25, -0.2) is 4.98 Å². The molecule has 4 nitrogen and oxygen atoms in total. The largest absolute Gasteiger partial charge is 0.389 e. The van der Waals surface area contributed by atoms with Crippen LogP contribution in [0.25, 0.3) is 0 Å². The third-order valence-electron chi connectivity index (χ3n) is 2.95. The zero-order valence-corrected chi connectivity index (χ0v) is 12.1. The normalized spacial score (nSPS) is 10.1. The van der Waals surface area contributed by atoms with E-state index < -0.39 is 0 Å². The van der Waals surface area contributed by atoms with Crippen LogP contribution >= 0.6 is 12.2 Å². The van der Waals surface area contributed by atoms with Crippen LogP contribution in [0.5, 0.6) is 0 Å². The predicted molar refractivity (Wildman–Crippen MR) is 84.0 cm³/mol. The average Bonchev–Trinajstić information content (AvgIpc) is 2.46. The van der Waals surface area contributed by atoms with Gasteiger partial charge in [0.1, 0.15) is 10.7 Å². The Morgan fingerprint density at radius 2 is 1.85 bits per heavy atom. The van der Waals surface area contributed by atoms with E-state index in [4.69, 9.17) is 18.0 Å². The van der Waals surface area contributed by atoms with E-state index in [1.165, 1.54) is 0 Å².